The lowest BCUT2D eigenvalue weighted by Gasteiger charge is -2.32. The second-order valence-electron chi connectivity index (χ2n) is 5.69. The minimum absolute atomic E-state index is 0.135. The first-order valence-electron chi connectivity index (χ1n) is 7.77. The summed E-state index contributed by atoms with van der Waals surface area (Å²) < 4.78 is 5.46. The van der Waals surface area contributed by atoms with Crippen LogP contribution >= 0.6 is 0 Å². The van der Waals surface area contributed by atoms with Crippen LogP contribution in [0.15, 0.2) is 36.4 Å². The third kappa shape index (κ3) is 2.72. The van der Waals surface area contributed by atoms with Gasteiger partial charge in [0.25, 0.3) is 0 Å². The van der Waals surface area contributed by atoms with Gasteiger partial charge in [0, 0.05) is 26.2 Å². The van der Waals surface area contributed by atoms with Crippen LogP contribution in [0.4, 0.5) is 0 Å². The Morgan fingerprint density at radius 2 is 1.91 bits per heavy atom. The monoisotopic (exact) mass is 298 g/mol. The Morgan fingerprint density at radius 3 is 2.64 bits per heavy atom. The van der Waals surface area contributed by atoms with E-state index in [4.69, 9.17) is 4.74 Å². The number of methoxy groups -OCH3 is 1. The van der Waals surface area contributed by atoms with Gasteiger partial charge in [0.05, 0.1) is 18.7 Å². The Bertz CT molecular complexity index is 678. The summed E-state index contributed by atoms with van der Waals surface area (Å²) in [6.45, 7) is 5.67. The van der Waals surface area contributed by atoms with Gasteiger partial charge in [-0.25, -0.2) is 0 Å². The largest absolute Gasteiger partial charge is 0.496 e. The lowest BCUT2D eigenvalue weighted by Crippen LogP contribution is -2.50. The summed E-state index contributed by atoms with van der Waals surface area (Å²) in [6.07, 6.45) is 0. The molecule has 1 aliphatic heterocycles. The van der Waals surface area contributed by atoms with E-state index < -0.39 is 0 Å². The molecule has 22 heavy (non-hydrogen) atoms. The quantitative estimate of drug-likeness (QED) is 0.880. The van der Waals surface area contributed by atoms with E-state index >= 15 is 0 Å². The number of benzene rings is 2. The van der Waals surface area contributed by atoms with E-state index in [9.17, 15) is 4.79 Å². The molecule has 1 fully saturated rings. The number of nitrogens with zero attached hydrogens (tertiary/aromatic N) is 1. The number of rotatable bonds is 4. The van der Waals surface area contributed by atoms with Crippen LogP contribution in [0.3, 0.4) is 0 Å². The molecule has 1 N–H and O–H groups in total. The smallest absolute Gasteiger partial charge is 0.184 e. The fourth-order valence-electron chi connectivity index (χ4n) is 3.12. The molecule has 2 aromatic carbocycles. The highest BCUT2D eigenvalue weighted by atomic mass is 16.5. The molecule has 0 spiro atoms. The number of nitrogens with one attached hydrogen (secondary N) is 1. The maximum Gasteiger partial charge on any atom is 0.184 e. The third-order valence-corrected chi connectivity index (χ3v) is 4.44. The van der Waals surface area contributed by atoms with E-state index in [1.165, 1.54) is 0 Å². The highest BCUT2D eigenvalue weighted by molar-refractivity contribution is 6.12. The van der Waals surface area contributed by atoms with Crippen molar-refractivity contribution in [2.24, 2.45) is 0 Å². The van der Waals surface area contributed by atoms with Crippen molar-refractivity contribution in [1.82, 2.24) is 10.2 Å². The van der Waals surface area contributed by atoms with Crippen molar-refractivity contribution >= 4 is 16.6 Å². The van der Waals surface area contributed by atoms with Crippen molar-refractivity contribution in [2.45, 2.75) is 13.0 Å². The molecule has 4 heteroatoms. The van der Waals surface area contributed by atoms with Gasteiger partial charge in [-0.1, -0.05) is 30.3 Å². The van der Waals surface area contributed by atoms with E-state index in [1.807, 2.05) is 43.3 Å². The zero-order valence-corrected chi connectivity index (χ0v) is 13.1. The maximum atomic E-state index is 13.1. The zero-order chi connectivity index (χ0) is 15.5. The average Bonchev–Trinajstić information content (AvgIpc) is 2.60. The minimum atomic E-state index is -0.137. The van der Waals surface area contributed by atoms with Crippen molar-refractivity contribution in [2.75, 3.05) is 33.3 Å². The van der Waals surface area contributed by atoms with Crippen molar-refractivity contribution in [1.29, 1.82) is 0 Å². The Kier molecular flexibility index (Phi) is 4.41. The van der Waals surface area contributed by atoms with Gasteiger partial charge in [-0.15, -0.1) is 0 Å². The predicted octanol–water partition coefficient (Wildman–Crippen LogP) is 2.32. The Morgan fingerprint density at radius 1 is 1.18 bits per heavy atom. The second-order valence-corrected chi connectivity index (χ2v) is 5.69. The molecule has 0 aliphatic carbocycles. The summed E-state index contributed by atoms with van der Waals surface area (Å²) in [5.74, 6) is 0.793. The Hall–Kier alpha value is -1.91. The molecule has 1 aliphatic rings. The first-order valence-corrected chi connectivity index (χ1v) is 7.77. The summed E-state index contributed by atoms with van der Waals surface area (Å²) in [7, 11) is 1.62. The van der Waals surface area contributed by atoms with Crippen LogP contribution in [0.25, 0.3) is 10.8 Å². The van der Waals surface area contributed by atoms with Crippen LogP contribution in [0.2, 0.25) is 0 Å². The van der Waals surface area contributed by atoms with E-state index in [1.54, 1.807) is 7.11 Å². The first-order chi connectivity index (χ1) is 10.7. The number of ether oxygens (including phenoxy) is 1. The van der Waals surface area contributed by atoms with E-state index in [2.05, 4.69) is 10.2 Å². The number of hydrogen-bond donors (Lipinski definition) is 1. The predicted molar refractivity (Wildman–Crippen MR) is 88.7 cm³/mol. The summed E-state index contributed by atoms with van der Waals surface area (Å²) in [5, 5.41) is 5.36. The normalized spacial score (nSPS) is 17.4. The lowest BCUT2D eigenvalue weighted by atomic mass is 9.96. The van der Waals surface area contributed by atoms with Crippen LogP contribution < -0.4 is 10.1 Å². The molecule has 0 aromatic heterocycles. The van der Waals surface area contributed by atoms with Crippen molar-refractivity contribution < 1.29 is 9.53 Å². The first kappa shape index (κ1) is 15.0. The molecule has 0 radical (unpaired) electrons. The van der Waals surface area contributed by atoms with Crippen LogP contribution in [0.5, 0.6) is 5.75 Å². The molecule has 0 saturated carbocycles. The number of carbonyl (C=O) groups excluding carboxylic acids is 1. The Balaban J connectivity index is 2.01. The molecule has 0 bridgehead atoms. The average molecular weight is 298 g/mol. The fraction of sp³-hybridized carbons (Fsp3) is 0.389. The van der Waals surface area contributed by atoms with Gasteiger partial charge in [0.1, 0.15) is 5.75 Å². The molecular weight excluding hydrogens is 276 g/mol. The summed E-state index contributed by atoms with van der Waals surface area (Å²) >= 11 is 0. The van der Waals surface area contributed by atoms with Crippen LogP contribution in [0.1, 0.15) is 17.3 Å². The highest BCUT2D eigenvalue weighted by Crippen LogP contribution is 2.29. The number of Topliss-reactive ketones (excluding diaryl/α,β-unsaturated/α-hetero) is 1. The van der Waals surface area contributed by atoms with Gasteiger partial charge in [0.2, 0.25) is 0 Å². The molecule has 1 unspecified atom stereocenters. The topological polar surface area (TPSA) is 41.6 Å². The summed E-state index contributed by atoms with van der Waals surface area (Å²) in [4.78, 5) is 15.3. The van der Waals surface area contributed by atoms with Crippen LogP contribution in [-0.4, -0.2) is 50.0 Å². The highest BCUT2D eigenvalue weighted by Gasteiger charge is 2.27. The maximum absolute atomic E-state index is 13.1. The minimum Gasteiger partial charge on any atom is -0.496 e. The van der Waals surface area contributed by atoms with Crippen LogP contribution in [0, 0.1) is 0 Å². The Labute approximate surface area is 131 Å². The number of carbonyl (C=O) groups is 1. The molecule has 1 heterocycles. The zero-order valence-electron chi connectivity index (χ0n) is 13.1. The number of piperazine rings is 1. The van der Waals surface area contributed by atoms with E-state index in [-0.39, 0.29) is 11.8 Å². The molecule has 4 nitrogen and oxygen atoms in total. The molecule has 3 rings (SSSR count). The molecule has 1 saturated heterocycles. The standard InChI is InChI=1S/C18H22N2O2/c1-13(20-11-9-19-10-12-20)18(21)17-15-6-4-3-5-14(15)7-8-16(17)22-2/h3-8,13,19H,9-12H2,1-2H3. The van der Waals surface area contributed by atoms with Crippen molar-refractivity contribution in [3.05, 3.63) is 42.0 Å². The van der Waals surface area contributed by atoms with Gasteiger partial charge in [-0.2, -0.15) is 0 Å². The molecule has 1 atom stereocenters. The van der Waals surface area contributed by atoms with Gasteiger partial charge in [0.15, 0.2) is 5.78 Å². The van der Waals surface area contributed by atoms with Gasteiger partial charge >= 0.3 is 0 Å². The fourth-order valence-corrected chi connectivity index (χ4v) is 3.12. The summed E-state index contributed by atoms with van der Waals surface area (Å²) in [6, 6.07) is 11.7. The van der Waals surface area contributed by atoms with E-state index in [0.29, 0.717) is 11.3 Å². The number of fused-ring (bicyclic) bond motifs is 1. The van der Waals surface area contributed by atoms with Gasteiger partial charge in [-0.3, -0.25) is 9.69 Å². The lowest BCUT2D eigenvalue weighted by molar-refractivity contribution is 0.0819. The van der Waals surface area contributed by atoms with Gasteiger partial charge in [-0.05, 0) is 23.8 Å². The van der Waals surface area contributed by atoms with Crippen LogP contribution in [-0.2, 0) is 0 Å². The second kappa shape index (κ2) is 6.46. The van der Waals surface area contributed by atoms with Crippen molar-refractivity contribution in [3.63, 3.8) is 0 Å². The molecular formula is C18H22N2O2. The molecule has 116 valence electrons. The van der Waals surface area contributed by atoms with Crippen molar-refractivity contribution in [3.8, 4) is 5.75 Å². The van der Waals surface area contributed by atoms with Gasteiger partial charge < -0.3 is 10.1 Å². The molecule has 2 aromatic rings. The SMILES string of the molecule is COc1ccc2ccccc2c1C(=O)C(C)N1CCNCC1. The number of hydrogen-bond acceptors (Lipinski definition) is 4. The number of ketones is 1. The third-order valence-electron chi connectivity index (χ3n) is 4.44. The molecule has 0 amide bonds. The van der Waals surface area contributed by atoms with E-state index in [0.717, 1.165) is 37.0 Å². The summed E-state index contributed by atoms with van der Waals surface area (Å²) in [5.41, 5.74) is 0.701.